The van der Waals surface area contributed by atoms with Crippen molar-refractivity contribution >= 4 is 34.5 Å². The Morgan fingerprint density at radius 1 is 1.22 bits per heavy atom. The van der Waals surface area contributed by atoms with Gasteiger partial charge in [-0.3, -0.25) is 0 Å². The third kappa shape index (κ3) is 4.97. The maximum absolute atomic E-state index is 14.5. The first-order chi connectivity index (χ1) is 17.2. The highest BCUT2D eigenvalue weighted by Crippen LogP contribution is 2.30. The van der Waals surface area contributed by atoms with Crippen molar-refractivity contribution in [3.8, 4) is 0 Å². The molecule has 2 aromatic heterocycles. The molecular formula is C25H24F2N6O2S. The molecule has 0 aliphatic carbocycles. The van der Waals surface area contributed by atoms with Crippen molar-refractivity contribution in [1.29, 1.82) is 0 Å². The van der Waals surface area contributed by atoms with Gasteiger partial charge in [0.2, 0.25) is 5.16 Å². The number of rotatable bonds is 5. The number of halogens is 2. The first-order valence-corrected chi connectivity index (χ1v) is 12.3. The van der Waals surface area contributed by atoms with Gasteiger partial charge in [0.05, 0.1) is 11.8 Å². The van der Waals surface area contributed by atoms with Crippen LogP contribution in [0.4, 0.5) is 13.6 Å². The molecule has 1 unspecified atom stereocenters. The van der Waals surface area contributed by atoms with Crippen molar-refractivity contribution in [3.05, 3.63) is 77.2 Å². The van der Waals surface area contributed by atoms with Crippen molar-refractivity contribution < 1.29 is 18.3 Å². The minimum absolute atomic E-state index is 0.197. The molecule has 8 nitrogen and oxygen atoms in total. The summed E-state index contributed by atoms with van der Waals surface area (Å²) in [7, 11) is 0. The molecule has 2 aromatic carbocycles. The monoisotopic (exact) mass is 510 g/mol. The lowest BCUT2D eigenvalue weighted by Crippen LogP contribution is -2.37. The van der Waals surface area contributed by atoms with Crippen LogP contribution in [0.2, 0.25) is 0 Å². The number of nitrogens with one attached hydrogen (secondary N) is 2. The number of alkyl carbamates (subject to hydrolysis) is 1. The summed E-state index contributed by atoms with van der Waals surface area (Å²) in [5.74, 6) is -0.651. The summed E-state index contributed by atoms with van der Waals surface area (Å²) < 4.78 is 34.9. The Hall–Kier alpha value is -3.73. The summed E-state index contributed by atoms with van der Waals surface area (Å²) in [5.41, 5.74) is 1.84. The van der Waals surface area contributed by atoms with E-state index in [1.54, 1.807) is 20.8 Å². The van der Waals surface area contributed by atoms with Gasteiger partial charge in [0.25, 0.3) is 0 Å². The third-order valence-electron chi connectivity index (χ3n) is 5.54. The largest absolute Gasteiger partial charge is 0.444 e. The Balaban J connectivity index is 1.53. The van der Waals surface area contributed by atoms with E-state index in [1.807, 2.05) is 30.5 Å². The maximum Gasteiger partial charge on any atom is 0.408 e. The molecule has 36 heavy (non-hydrogen) atoms. The molecule has 1 amide bonds. The van der Waals surface area contributed by atoms with Gasteiger partial charge in [0, 0.05) is 40.9 Å². The molecule has 186 valence electrons. The van der Waals surface area contributed by atoms with Gasteiger partial charge in [0.15, 0.2) is 5.82 Å². The predicted octanol–water partition coefficient (Wildman–Crippen LogP) is 5.20. The minimum atomic E-state index is -0.699. The van der Waals surface area contributed by atoms with Crippen LogP contribution in [0.1, 0.15) is 43.8 Å². The van der Waals surface area contributed by atoms with Gasteiger partial charge >= 0.3 is 6.09 Å². The fraction of sp³-hybridized carbons (Fsp3) is 0.280. The molecule has 1 atom stereocenters. The van der Waals surface area contributed by atoms with E-state index >= 15 is 0 Å². The lowest BCUT2D eigenvalue weighted by atomic mass is 10.0. The van der Waals surface area contributed by atoms with Crippen LogP contribution < -0.4 is 5.32 Å². The van der Waals surface area contributed by atoms with Gasteiger partial charge in [-0.1, -0.05) is 30.0 Å². The molecule has 0 radical (unpaired) electrons. The number of carbonyl (C=O) groups excluding carboxylic acids is 1. The number of carbonyl (C=O) groups is 1. The van der Waals surface area contributed by atoms with Gasteiger partial charge in [-0.25, -0.2) is 13.6 Å². The van der Waals surface area contributed by atoms with Crippen molar-refractivity contribution in [1.82, 2.24) is 25.2 Å². The molecule has 0 saturated carbocycles. The Morgan fingerprint density at radius 2 is 2.03 bits per heavy atom. The minimum Gasteiger partial charge on any atom is -0.444 e. The molecule has 11 heteroatoms. The molecule has 0 spiro atoms. The normalized spacial score (nSPS) is 14.3. The van der Waals surface area contributed by atoms with Crippen LogP contribution in [0.15, 0.2) is 58.9 Å². The quantitative estimate of drug-likeness (QED) is 0.385. The Labute approximate surface area is 210 Å². The fourth-order valence-electron chi connectivity index (χ4n) is 3.99. The second kappa shape index (κ2) is 9.38. The fourth-order valence-corrected chi connectivity index (χ4v) is 4.83. The molecule has 3 heterocycles. The van der Waals surface area contributed by atoms with Gasteiger partial charge in [0.1, 0.15) is 17.2 Å². The Kier molecular flexibility index (Phi) is 6.25. The number of nitrogens with zero attached hydrogens (tertiary/aromatic N) is 4. The standard InChI is InChI=1S/C25H24F2N6O2S/c1-25(2,3)35-24(34)29-20(10-14-12-28-19-7-5-4-6-16(14)19)22-30-31-23-33(22)32-21(13-36-23)17-9-8-15(26)11-18(17)27/h4-9,11-12,20,28H,10,13H2,1-3H3,(H,29,34). The summed E-state index contributed by atoms with van der Waals surface area (Å²) in [6.45, 7) is 5.35. The Morgan fingerprint density at radius 3 is 2.81 bits per heavy atom. The van der Waals surface area contributed by atoms with Crippen molar-refractivity contribution in [2.45, 2.75) is 44.0 Å². The number of hydrogen-bond acceptors (Lipinski definition) is 6. The average molecular weight is 511 g/mol. The number of ether oxygens (including phenoxy) is 1. The van der Waals surface area contributed by atoms with E-state index in [0.29, 0.717) is 28.9 Å². The first kappa shape index (κ1) is 24.0. The SMILES string of the molecule is CC(C)(C)OC(=O)NC(Cc1c[nH]c2ccccc12)c1nnc2n1N=C(c1ccc(F)cc1F)CS2. The van der Waals surface area contributed by atoms with E-state index in [1.165, 1.54) is 28.6 Å². The van der Waals surface area contributed by atoms with Gasteiger partial charge in [-0.15, -0.1) is 10.2 Å². The maximum atomic E-state index is 14.5. The zero-order chi connectivity index (χ0) is 25.4. The molecule has 0 bridgehead atoms. The second-order valence-corrected chi connectivity index (χ2v) is 10.3. The van der Waals surface area contributed by atoms with E-state index in [4.69, 9.17) is 4.74 Å². The van der Waals surface area contributed by atoms with Crippen molar-refractivity contribution in [3.63, 3.8) is 0 Å². The molecule has 5 rings (SSSR count). The molecule has 4 aromatic rings. The summed E-state index contributed by atoms with van der Waals surface area (Å²) in [6.07, 6.45) is 1.66. The van der Waals surface area contributed by atoms with Crippen molar-refractivity contribution in [2.24, 2.45) is 5.10 Å². The van der Waals surface area contributed by atoms with Gasteiger partial charge in [-0.2, -0.15) is 9.78 Å². The zero-order valence-corrected chi connectivity index (χ0v) is 20.7. The number of fused-ring (bicyclic) bond motifs is 2. The number of aromatic amines is 1. The molecule has 0 fully saturated rings. The molecular weight excluding hydrogens is 486 g/mol. The molecule has 1 aliphatic heterocycles. The Bertz CT molecular complexity index is 1470. The lowest BCUT2D eigenvalue weighted by Gasteiger charge is -2.24. The summed E-state index contributed by atoms with van der Waals surface area (Å²) in [6, 6.07) is 10.6. The van der Waals surface area contributed by atoms with Crippen LogP contribution in [0.25, 0.3) is 10.9 Å². The number of H-pyrrole nitrogens is 1. The summed E-state index contributed by atoms with van der Waals surface area (Å²) in [4.78, 5) is 16.0. The van der Waals surface area contributed by atoms with Gasteiger partial charge < -0.3 is 15.0 Å². The number of amides is 1. The van der Waals surface area contributed by atoms with E-state index in [2.05, 4.69) is 25.6 Å². The van der Waals surface area contributed by atoms with Crippen LogP contribution in [0, 0.1) is 11.6 Å². The van der Waals surface area contributed by atoms with E-state index in [0.717, 1.165) is 22.5 Å². The van der Waals surface area contributed by atoms with E-state index in [-0.39, 0.29) is 5.56 Å². The average Bonchev–Trinajstić information content (AvgIpc) is 3.41. The number of para-hydroxylation sites is 1. The van der Waals surface area contributed by atoms with Crippen LogP contribution >= 0.6 is 11.8 Å². The molecule has 0 saturated heterocycles. The highest BCUT2D eigenvalue weighted by atomic mass is 32.2. The highest BCUT2D eigenvalue weighted by molar-refractivity contribution is 7.99. The predicted molar refractivity (Wildman–Crippen MR) is 133 cm³/mol. The first-order valence-electron chi connectivity index (χ1n) is 11.3. The number of thioether (sulfide) groups is 1. The van der Waals surface area contributed by atoms with Crippen LogP contribution in [-0.4, -0.2) is 43.0 Å². The molecule has 2 N–H and O–H groups in total. The molecule has 1 aliphatic rings. The zero-order valence-electron chi connectivity index (χ0n) is 19.9. The number of hydrogen-bond donors (Lipinski definition) is 2. The van der Waals surface area contributed by atoms with E-state index in [9.17, 15) is 13.6 Å². The van der Waals surface area contributed by atoms with Crippen LogP contribution in [0.3, 0.4) is 0 Å². The summed E-state index contributed by atoms with van der Waals surface area (Å²) in [5, 5.41) is 17.6. The lowest BCUT2D eigenvalue weighted by molar-refractivity contribution is 0.0500. The van der Waals surface area contributed by atoms with Crippen LogP contribution in [0.5, 0.6) is 0 Å². The van der Waals surface area contributed by atoms with Crippen LogP contribution in [-0.2, 0) is 11.2 Å². The smallest absolute Gasteiger partial charge is 0.408 e. The second-order valence-electron chi connectivity index (χ2n) is 9.37. The number of aromatic nitrogens is 4. The van der Waals surface area contributed by atoms with Gasteiger partial charge in [-0.05, 0) is 44.5 Å². The van der Waals surface area contributed by atoms with Crippen molar-refractivity contribution in [2.75, 3.05) is 5.75 Å². The number of benzene rings is 2. The highest BCUT2D eigenvalue weighted by Gasteiger charge is 2.29. The van der Waals surface area contributed by atoms with E-state index < -0.39 is 29.4 Å². The third-order valence-corrected chi connectivity index (χ3v) is 6.47. The topological polar surface area (TPSA) is 97.2 Å². The summed E-state index contributed by atoms with van der Waals surface area (Å²) >= 11 is 1.33.